The van der Waals surface area contributed by atoms with Crippen LogP contribution in [0, 0.1) is 13.8 Å². The number of aryl methyl sites for hydroxylation is 2. The lowest BCUT2D eigenvalue weighted by molar-refractivity contribution is 0.0951. The average molecular weight is 468 g/mol. The summed E-state index contributed by atoms with van der Waals surface area (Å²) >= 11 is 5.30. The number of thiocarbonyl (C=S) groups is 1. The Balaban J connectivity index is 1.22. The molecule has 0 bridgehead atoms. The smallest absolute Gasteiger partial charge is 0.293 e. The van der Waals surface area contributed by atoms with Crippen LogP contribution >= 0.6 is 12.2 Å². The number of carbonyl (C=O) groups excluding carboxylic acids is 1. The lowest BCUT2D eigenvalue weighted by atomic mass is 10.1. The molecule has 0 saturated heterocycles. The molecule has 0 fully saturated rings. The van der Waals surface area contributed by atoms with Crippen LogP contribution in [0.4, 0.5) is 5.69 Å². The molecule has 0 atom stereocenters. The van der Waals surface area contributed by atoms with Gasteiger partial charge >= 0.3 is 0 Å². The Labute approximate surface area is 201 Å². The van der Waals surface area contributed by atoms with Crippen LogP contribution in [0.25, 0.3) is 33.9 Å². The SMILES string of the molecule is Cc1ccc(-c2ccc(C(=O)NC(=S)Nc3ccc(-c4nc5ccccc5o4)cc3)o2)cc1C. The second-order valence-corrected chi connectivity index (χ2v) is 8.34. The number of hydrogen-bond donors (Lipinski definition) is 2. The Hall–Kier alpha value is -4.23. The molecule has 0 spiro atoms. The molecule has 5 aromatic rings. The van der Waals surface area contributed by atoms with E-state index in [0.717, 1.165) is 33.5 Å². The van der Waals surface area contributed by atoms with Crippen LogP contribution in [0.1, 0.15) is 21.7 Å². The number of furan rings is 1. The Morgan fingerprint density at radius 2 is 1.62 bits per heavy atom. The molecule has 3 aromatic carbocycles. The van der Waals surface area contributed by atoms with Crippen molar-refractivity contribution < 1.29 is 13.6 Å². The minimum Gasteiger partial charge on any atom is -0.451 e. The number of hydrogen-bond acceptors (Lipinski definition) is 5. The van der Waals surface area contributed by atoms with Crippen LogP contribution in [-0.4, -0.2) is 16.0 Å². The van der Waals surface area contributed by atoms with Gasteiger partial charge in [0, 0.05) is 16.8 Å². The van der Waals surface area contributed by atoms with Crippen LogP contribution in [0.3, 0.4) is 0 Å². The van der Waals surface area contributed by atoms with E-state index in [0.29, 0.717) is 11.7 Å². The average Bonchev–Trinajstić information content (AvgIpc) is 3.49. The molecule has 0 unspecified atom stereocenters. The van der Waals surface area contributed by atoms with Gasteiger partial charge in [-0.1, -0.05) is 24.3 Å². The predicted molar refractivity (Wildman–Crippen MR) is 137 cm³/mol. The third-order valence-corrected chi connectivity index (χ3v) is 5.74. The van der Waals surface area contributed by atoms with Gasteiger partial charge < -0.3 is 14.2 Å². The van der Waals surface area contributed by atoms with E-state index in [-0.39, 0.29) is 10.9 Å². The summed E-state index contributed by atoms with van der Waals surface area (Å²) in [6.45, 7) is 4.09. The monoisotopic (exact) mass is 467 g/mol. The summed E-state index contributed by atoms with van der Waals surface area (Å²) in [5, 5.41) is 5.83. The summed E-state index contributed by atoms with van der Waals surface area (Å²) in [7, 11) is 0. The normalized spacial score (nSPS) is 10.9. The van der Waals surface area contributed by atoms with E-state index in [1.54, 1.807) is 12.1 Å². The molecule has 2 aromatic heterocycles. The number of amides is 1. The van der Waals surface area contributed by atoms with Crippen LogP contribution in [0.5, 0.6) is 0 Å². The largest absolute Gasteiger partial charge is 0.451 e. The van der Waals surface area contributed by atoms with Gasteiger partial charge in [0.2, 0.25) is 5.89 Å². The summed E-state index contributed by atoms with van der Waals surface area (Å²) < 4.78 is 11.5. The number of aromatic nitrogens is 1. The van der Waals surface area contributed by atoms with Crippen molar-refractivity contribution in [3.63, 3.8) is 0 Å². The number of nitrogens with one attached hydrogen (secondary N) is 2. The highest BCUT2D eigenvalue weighted by Crippen LogP contribution is 2.26. The summed E-state index contributed by atoms with van der Waals surface area (Å²) in [6.07, 6.45) is 0. The summed E-state index contributed by atoms with van der Waals surface area (Å²) in [4.78, 5) is 17.1. The van der Waals surface area contributed by atoms with Gasteiger partial charge in [-0.05, 0) is 91.8 Å². The van der Waals surface area contributed by atoms with Crippen LogP contribution < -0.4 is 10.6 Å². The van der Waals surface area contributed by atoms with E-state index < -0.39 is 5.91 Å². The highest BCUT2D eigenvalue weighted by Gasteiger charge is 2.14. The zero-order valence-electron chi connectivity index (χ0n) is 18.6. The number of benzene rings is 3. The van der Waals surface area contributed by atoms with Gasteiger partial charge in [0.25, 0.3) is 5.91 Å². The quantitative estimate of drug-likeness (QED) is 0.294. The molecule has 168 valence electrons. The molecule has 34 heavy (non-hydrogen) atoms. The lowest BCUT2D eigenvalue weighted by Gasteiger charge is -2.09. The Bertz CT molecular complexity index is 1480. The predicted octanol–water partition coefficient (Wildman–Crippen LogP) is 6.50. The zero-order valence-corrected chi connectivity index (χ0v) is 19.4. The van der Waals surface area contributed by atoms with E-state index in [4.69, 9.17) is 21.1 Å². The topological polar surface area (TPSA) is 80.3 Å². The number of oxazole rings is 1. The van der Waals surface area contributed by atoms with Crippen molar-refractivity contribution in [1.29, 1.82) is 0 Å². The number of fused-ring (bicyclic) bond motifs is 1. The summed E-state index contributed by atoms with van der Waals surface area (Å²) in [5.74, 6) is 0.933. The highest BCUT2D eigenvalue weighted by molar-refractivity contribution is 7.80. The third-order valence-electron chi connectivity index (χ3n) is 5.53. The van der Waals surface area contributed by atoms with Crippen molar-refractivity contribution >= 4 is 40.0 Å². The Kier molecular flexibility index (Phi) is 5.69. The first kappa shape index (κ1) is 21.6. The van der Waals surface area contributed by atoms with Gasteiger partial charge in [-0.2, -0.15) is 0 Å². The number of rotatable bonds is 4. The van der Waals surface area contributed by atoms with Crippen molar-refractivity contribution in [2.24, 2.45) is 0 Å². The van der Waals surface area contributed by atoms with Crippen molar-refractivity contribution in [2.45, 2.75) is 13.8 Å². The van der Waals surface area contributed by atoms with Crippen molar-refractivity contribution in [1.82, 2.24) is 10.3 Å². The molecular weight excluding hydrogens is 446 g/mol. The first-order chi connectivity index (χ1) is 16.5. The molecule has 2 heterocycles. The molecule has 6 nitrogen and oxygen atoms in total. The van der Waals surface area contributed by atoms with Gasteiger partial charge in [0.1, 0.15) is 11.3 Å². The highest BCUT2D eigenvalue weighted by atomic mass is 32.1. The second-order valence-electron chi connectivity index (χ2n) is 7.94. The summed E-state index contributed by atoms with van der Waals surface area (Å²) in [6, 6.07) is 24.5. The second kappa shape index (κ2) is 8.96. The van der Waals surface area contributed by atoms with Crippen molar-refractivity contribution in [3.05, 3.63) is 95.7 Å². The van der Waals surface area contributed by atoms with Gasteiger partial charge in [-0.15, -0.1) is 0 Å². The molecule has 5 rings (SSSR count). The fourth-order valence-electron chi connectivity index (χ4n) is 3.53. The minimum atomic E-state index is -0.421. The Morgan fingerprint density at radius 1 is 0.853 bits per heavy atom. The lowest BCUT2D eigenvalue weighted by Crippen LogP contribution is -2.33. The van der Waals surface area contributed by atoms with E-state index in [9.17, 15) is 4.79 Å². The van der Waals surface area contributed by atoms with E-state index in [1.807, 2.05) is 73.7 Å². The molecule has 0 aliphatic heterocycles. The van der Waals surface area contributed by atoms with E-state index >= 15 is 0 Å². The van der Waals surface area contributed by atoms with Crippen molar-refractivity contribution in [2.75, 3.05) is 5.32 Å². The maximum Gasteiger partial charge on any atom is 0.293 e. The molecular formula is C27H21N3O3S. The third kappa shape index (κ3) is 4.46. The van der Waals surface area contributed by atoms with E-state index in [2.05, 4.69) is 22.5 Å². The molecule has 0 aliphatic rings. The Morgan fingerprint density at radius 3 is 2.38 bits per heavy atom. The molecule has 7 heteroatoms. The first-order valence-electron chi connectivity index (χ1n) is 10.7. The number of carbonyl (C=O) groups is 1. The van der Waals surface area contributed by atoms with Crippen LogP contribution in [0.2, 0.25) is 0 Å². The van der Waals surface area contributed by atoms with Gasteiger partial charge in [0.15, 0.2) is 16.5 Å². The maximum atomic E-state index is 12.6. The molecule has 2 N–H and O–H groups in total. The van der Waals surface area contributed by atoms with Crippen LogP contribution in [0.15, 0.2) is 87.7 Å². The molecule has 0 aliphatic carbocycles. The standard InChI is InChI=1S/C27H21N3O3S/c1-16-7-8-19(15-17(16)2)22-13-14-24(32-22)25(31)30-27(34)28-20-11-9-18(10-12-20)26-29-21-5-3-4-6-23(21)33-26/h3-15H,1-2H3,(H2,28,30,31,34). The maximum absolute atomic E-state index is 12.6. The van der Waals surface area contributed by atoms with Gasteiger partial charge in [-0.3, -0.25) is 10.1 Å². The van der Waals surface area contributed by atoms with E-state index in [1.165, 1.54) is 5.56 Å². The fourth-order valence-corrected chi connectivity index (χ4v) is 3.74. The van der Waals surface area contributed by atoms with Crippen molar-refractivity contribution in [3.8, 4) is 22.8 Å². The fraction of sp³-hybridized carbons (Fsp3) is 0.0741. The summed E-state index contributed by atoms with van der Waals surface area (Å²) in [5.41, 5.74) is 6.39. The van der Waals surface area contributed by atoms with Gasteiger partial charge in [-0.25, -0.2) is 4.98 Å². The van der Waals surface area contributed by atoms with Gasteiger partial charge in [0.05, 0.1) is 0 Å². The number of para-hydroxylation sites is 2. The zero-order chi connectivity index (χ0) is 23.7. The minimum absolute atomic E-state index is 0.170. The molecule has 0 radical (unpaired) electrons. The first-order valence-corrected chi connectivity index (χ1v) is 11.1. The molecule has 0 saturated carbocycles. The number of anilines is 1. The number of nitrogens with zero attached hydrogens (tertiary/aromatic N) is 1. The molecule has 1 amide bonds. The van der Waals surface area contributed by atoms with Crippen LogP contribution in [-0.2, 0) is 0 Å².